The maximum Gasteiger partial charge on any atom is 0.184 e. The summed E-state index contributed by atoms with van der Waals surface area (Å²) in [5.74, 6) is 0.706. The first kappa shape index (κ1) is 9.03. The van der Waals surface area contributed by atoms with E-state index >= 15 is 0 Å². The van der Waals surface area contributed by atoms with Gasteiger partial charge >= 0.3 is 0 Å². The molecule has 1 aromatic heterocycles. The molecular weight excluding hydrogens is 276 g/mol. The highest BCUT2D eigenvalue weighted by molar-refractivity contribution is 9.13. The van der Waals surface area contributed by atoms with Gasteiger partial charge in [-0.15, -0.1) is 0 Å². The highest BCUT2D eigenvalue weighted by Crippen LogP contribution is 2.27. The zero-order valence-corrected chi connectivity index (χ0v) is 8.72. The zero-order chi connectivity index (χ0) is 8.27. The molecule has 0 saturated heterocycles. The van der Waals surface area contributed by atoms with Gasteiger partial charge < -0.3 is 9.52 Å². The van der Waals surface area contributed by atoms with Gasteiger partial charge in [-0.25, -0.2) is 0 Å². The molecule has 11 heavy (non-hydrogen) atoms. The summed E-state index contributed by atoms with van der Waals surface area (Å²) in [5.41, 5.74) is 0. The van der Waals surface area contributed by atoms with E-state index in [1.807, 2.05) is 6.07 Å². The average Bonchev–Trinajstić information content (AvgIpc) is 2.28. The van der Waals surface area contributed by atoms with Crippen LogP contribution in [0.1, 0.15) is 5.76 Å². The lowest BCUT2D eigenvalue weighted by Crippen LogP contribution is -1.69. The van der Waals surface area contributed by atoms with E-state index in [4.69, 9.17) is 9.52 Å². The second-order valence-corrected chi connectivity index (χ2v) is 3.43. The summed E-state index contributed by atoms with van der Waals surface area (Å²) in [6.45, 7) is 0.0237. The van der Waals surface area contributed by atoms with Crippen molar-refractivity contribution in [1.29, 1.82) is 0 Å². The molecule has 0 bridgehead atoms. The maximum absolute atomic E-state index is 8.45. The zero-order valence-electron chi connectivity index (χ0n) is 5.55. The molecule has 0 fully saturated rings. The number of aliphatic hydroxyl groups excluding tert-OH is 1. The van der Waals surface area contributed by atoms with E-state index < -0.39 is 0 Å². The van der Waals surface area contributed by atoms with E-state index in [2.05, 4.69) is 31.9 Å². The fraction of sp³-hybridized carbons (Fsp3) is 0.143. The topological polar surface area (TPSA) is 33.4 Å². The van der Waals surface area contributed by atoms with Crippen LogP contribution in [0.3, 0.4) is 0 Å². The fourth-order valence-electron chi connectivity index (χ4n) is 0.614. The first-order valence-corrected chi connectivity index (χ1v) is 4.55. The highest BCUT2D eigenvalue weighted by atomic mass is 79.9. The molecule has 1 aromatic rings. The summed E-state index contributed by atoms with van der Waals surface area (Å²) in [6.07, 6.45) is 3.31. The van der Waals surface area contributed by atoms with E-state index in [1.165, 1.54) is 0 Å². The second-order valence-electron chi connectivity index (χ2n) is 1.86. The molecule has 0 unspecified atom stereocenters. The molecule has 0 amide bonds. The summed E-state index contributed by atoms with van der Waals surface area (Å²) in [5, 5.41) is 8.45. The minimum absolute atomic E-state index is 0.0237. The molecule has 0 spiro atoms. The number of halogens is 2. The minimum atomic E-state index is 0.0237. The van der Waals surface area contributed by atoms with Crippen molar-refractivity contribution in [2.45, 2.75) is 0 Å². The van der Waals surface area contributed by atoms with Crippen LogP contribution in [0, 0.1) is 0 Å². The van der Waals surface area contributed by atoms with Gasteiger partial charge in [0.05, 0.1) is 11.1 Å². The van der Waals surface area contributed by atoms with Gasteiger partial charge in [0.15, 0.2) is 4.67 Å². The SMILES string of the molecule is OCC=Cc1cc(Br)c(Br)o1. The Bertz CT molecular complexity index is 246. The van der Waals surface area contributed by atoms with Crippen LogP contribution in [-0.2, 0) is 0 Å². The molecule has 0 saturated carbocycles. The molecule has 0 aliphatic rings. The first-order valence-electron chi connectivity index (χ1n) is 2.96. The Morgan fingerprint density at radius 2 is 2.27 bits per heavy atom. The molecule has 0 aliphatic carbocycles. The Morgan fingerprint density at radius 1 is 1.55 bits per heavy atom. The van der Waals surface area contributed by atoms with Gasteiger partial charge in [0, 0.05) is 0 Å². The molecule has 0 aliphatic heterocycles. The minimum Gasteiger partial charge on any atom is -0.449 e. The lowest BCUT2D eigenvalue weighted by atomic mass is 10.4. The number of hydrogen-bond acceptors (Lipinski definition) is 2. The Labute approximate surface area is 81.2 Å². The van der Waals surface area contributed by atoms with Crippen LogP contribution < -0.4 is 0 Å². The molecule has 1 heterocycles. The Kier molecular flexibility index (Phi) is 3.36. The summed E-state index contributed by atoms with van der Waals surface area (Å²) in [7, 11) is 0. The van der Waals surface area contributed by atoms with Crippen LogP contribution in [0.15, 0.2) is 25.7 Å². The van der Waals surface area contributed by atoms with E-state index in [9.17, 15) is 0 Å². The van der Waals surface area contributed by atoms with Gasteiger partial charge in [-0.1, -0.05) is 6.08 Å². The van der Waals surface area contributed by atoms with Crippen molar-refractivity contribution in [2.24, 2.45) is 0 Å². The molecule has 60 valence electrons. The third kappa shape index (κ3) is 2.47. The summed E-state index contributed by atoms with van der Waals surface area (Å²) in [6, 6.07) is 1.82. The highest BCUT2D eigenvalue weighted by Gasteiger charge is 2.01. The molecule has 4 heteroatoms. The van der Waals surface area contributed by atoms with Crippen molar-refractivity contribution in [1.82, 2.24) is 0 Å². The largest absolute Gasteiger partial charge is 0.449 e. The first-order chi connectivity index (χ1) is 5.24. The van der Waals surface area contributed by atoms with E-state index in [0.717, 1.165) is 4.47 Å². The Balaban J connectivity index is 2.80. The van der Waals surface area contributed by atoms with E-state index in [0.29, 0.717) is 10.4 Å². The van der Waals surface area contributed by atoms with Crippen LogP contribution in [0.2, 0.25) is 0 Å². The van der Waals surface area contributed by atoms with Crippen molar-refractivity contribution in [3.63, 3.8) is 0 Å². The third-order valence-electron chi connectivity index (χ3n) is 1.05. The maximum atomic E-state index is 8.45. The number of hydrogen-bond donors (Lipinski definition) is 1. The van der Waals surface area contributed by atoms with Crippen LogP contribution >= 0.6 is 31.9 Å². The quantitative estimate of drug-likeness (QED) is 0.904. The van der Waals surface area contributed by atoms with Crippen molar-refractivity contribution in [2.75, 3.05) is 6.61 Å². The summed E-state index contributed by atoms with van der Waals surface area (Å²) < 4.78 is 6.72. The standard InChI is InChI=1S/C7H6Br2O2/c8-6-4-5(2-1-3-10)11-7(6)9/h1-2,4,10H,3H2. The monoisotopic (exact) mass is 280 g/mol. The lowest BCUT2D eigenvalue weighted by molar-refractivity contribution is 0.343. The van der Waals surface area contributed by atoms with Crippen LogP contribution in [0.5, 0.6) is 0 Å². The number of furan rings is 1. The molecular formula is C7H6Br2O2. The summed E-state index contributed by atoms with van der Waals surface area (Å²) >= 11 is 6.47. The molecule has 1 N–H and O–H groups in total. The predicted octanol–water partition coefficient (Wildman–Crippen LogP) is 2.81. The normalized spacial score (nSPS) is 11.2. The molecule has 1 rings (SSSR count). The van der Waals surface area contributed by atoms with Gasteiger partial charge in [-0.05, 0) is 44.0 Å². The van der Waals surface area contributed by atoms with Crippen LogP contribution in [-0.4, -0.2) is 11.7 Å². The Hall–Kier alpha value is -0.0600. The average molecular weight is 282 g/mol. The van der Waals surface area contributed by atoms with Gasteiger partial charge in [0.2, 0.25) is 0 Å². The lowest BCUT2D eigenvalue weighted by Gasteiger charge is -1.81. The molecule has 0 atom stereocenters. The molecule has 0 radical (unpaired) electrons. The molecule has 0 aromatic carbocycles. The van der Waals surface area contributed by atoms with Crippen molar-refractivity contribution >= 4 is 37.9 Å². The predicted molar refractivity (Wildman–Crippen MR) is 50.2 cm³/mol. The number of aliphatic hydroxyl groups is 1. The number of rotatable bonds is 2. The van der Waals surface area contributed by atoms with Crippen molar-refractivity contribution in [3.05, 3.63) is 27.0 Å². The van der Waals surface area contributed by atoms with Gasteiger partial charge in [-0.2, -0.15) is 0 Å². The van der Waals surface area contributed by atoms with Gasteiger partial charge in [0.1, 0.15) is 5.76 Å². The smallest absolute Gasteiger partial charge is 0.184 e. The van der Waals surface area contributed by atoms with E-state index in [-0.39, 0.29) is 6.61 Å². The third-order valence-corrected chi connectivity index (χ3v) is 2.76. The Morgan fingerprint density at radius 3 is 2.73 bits per heavy atom. The van der Waals surface area contributed by atoms with Crippen molar-refractivity contribution in [3.8, 4) is 0 Å². The van der Waals surface area contributed by atoms with Gasteiger partial charge in [0.25, 0.3) is 0 Å². The van der Waals surface area contributed by atoms with Gasteiger partial charge in [-0.3, -0.25) is 0 Å². The summed E-state index contributed by atoms with van der Waals surface area (Å²) in [4.78, 5) is 0. The van der Waals surface area contributed by atoms with Crippen LogP contribution in [0.25, 0.3) is 6.08 Å². The van der Waals surface area contributed by atoms with E-state index in [1.54, 1.807) is 12.2 Å². The molecule has 2 nitrogen and oxygen atoms in total. The second kappa shape index (κ2) is 4.09. The fourth-order valence-corrected chi connectivity index (χ4v) is 1.22. The van der Waals surface area contributed by atoms with Crippen molar-refractivity contribution < 1.29 is 9.52 Å². The van der Waals surface area contributed by atoms with Crippen LogP contribution in [0.4, 0.5) is 0 Å².